The van der Waals surface area contributed by atoms with E-state index >= 15 is 0 Å². The summed E-state index contributed by atoms with van der Waals surface area (Å²) in [5.41, 5.74) is 9.13. The first-order valence-electron chi connectivity index (χ1n) is 6.54. The van der Waals surface area contributed by atoms with Gasteiger partial charge in [-0.3, -0.25) is 4.79 Å². The van der Waals surface area contributed by atoms with Gasteiger partial charge in [0, 0.05) is 11.3 Å². The molecule has 0 aliphatic rings. The fourth-order valence-electron chi connectivity index (χ4n) is 2.11. The third kappa shape index (κ3) is 2.45. The standard InChI is InChI=1S/C16H14N2O3/c1-9(16(19)20)11-4-7-14-13(8-11)18-15(21-14)10-2-5-12(17)6-3-10/h2-9H,17H2,1H3,(H,19,20). The van der Waals surface area contributed by atoms with Crippen molar-refractivity contribution in [3.05, 3.63) is 48.0 Å². The van der Waals surface area contributed by atoms with E-state index in [1.165, 1.54) is 0 Å². The number of carboxylic acids is 1. The van der Waals surface area contributed by atoms with Crippen molar-refractivity contribution in [1.82, 2.24) is 4.98 Å². The SMILES string of the molecule is CC(C(=O)O)c1ccc2oc(-c3ccc(N)cc3)nc2c1. The predicted molar refractivity (Wildman–Crippen MR) is 79.9 cm³/mol. The fraction of sp³-hybridized carbons (Fsp3) is 0.125. The predicted octanol–water partition coefficient (Wildman–Crippen LogP) is 3.27. The summed E-state index contributed by atoms with van der Waals surface area (Å²) in [6, 6.07) is 12.5. The highest BCUT2D eigenvalue weighted by molar-refractivity contribution is 5.81. The lowest BCUT2D eigenvalue weighted by Crippen LogP contribution is -2.06. The summed E-state index contributed by atoms with van der Waals surface area (Å²) in [5, 5.41) is 9.06. The van der Waals surface area contributed by atoms with Crippen LogP contribution in [0, 0.1) is 0 Å². The summed E-state index contributed by atoms with van der Waals surface area (Å²) in [7, 11) is 0. The van der Waals surface area contributed by atoms with Crippen molar-refractivity contribution in [2.45, 2.75) is 12.8 Å². The number of hydrogen-bond acceptors (Lipinski definition) is 4. The van der Waals surface area contributed by atoms with E-state index in [0.717, 1.165) is 5.56 Å². The molecule has 0 spiro atoms. The van der Waals surface area contributed by atoms with E-state index in [4.69, 9.17) is 15.3 Å². The van der Waals surface area contributed by atoms with Crippen molar-refractivity contribution in [3.63, 3.8) is 0 Å². The van der Waals surface area contributed by atoms with E-state index in [1.807, 2.05) is 12.1 Å². The maximum atomic E-state index is 11.0. The van der Waals surface area contributed by atoms with Crippen LogP contribution in [0.25, 0.3) is 22.6 Å². The van der Waals surface area contributed by atoms with Gasteiger partial charge in [-0.25, -0.2) is 4.98 Å². The lowest BCUT2D eigenvalue weighted by atomic mass is 10.0. The number of fused-ring (bicyclic) bond motifs is 1. The van der Waals surface area contributed by atoms with Crippen LogP contribution in [0.4, 0.5) is 5.69 Å². The van der Waals surface area contributed by atoms with Crippen LogP contribution in [0.2, 0.25) is 0 Å². The minimum atomic E-state index is -0.864. The molecule has 0 fully saturated rings. The molecule has 1 atom stereocenters. The third-order valence-electron chi connectivity index (χ3n) is 3.44. The maximum absolute atomic E-state index is 11.0. The smallest absolute Gasteiger partial charge is 0.310 e. The number of anilines is 1. The Bertz CT molecular complexity index is 806. The molecule has 1 heterocycles. The molecular weight excluding hydrogens is 268 g/mol. The van der Waals surface area contributed by atoms with E-state index in [-0.39, 0.29) is 0 Å². The average Bonchev–Trinajstić information content (AvgIpc) is 2.89. The second-order valence-corrected chi connectivity index (χ2v) is 4.93. The first-order valence-corrected chi connectivity index (χ1v) is 6.54. The van der Waals surface area contributed by atoms with E-state index in [9.17, 15) is 4.79 Å². The minimum absolute atomic E-state index is 0.491. The Hall–Kier alpha value is -2.82. The van der Waals surface area contributed by atoms with Gasteiger partial charge in [-0.2, -0.15) is 0 Å². The normalized spacial score (nSPS) is 12.4. The number of aromatic nitrogens is 1. The molecule has 0 amide bonds. The van der Waals surface area contributed by atoms with Gasteiger partial charge in [0.25, 0.3) is 0 Å². The van der Waals surface area contributed by atoms with Crippen molar-refractivity contribution in [2.24, 2.45) is 0 Å². The molecule has 5 heteroatoms. The number of nitrogens with zero attached hydrogens (tertiary/aromatic N) is 1. The van der Waals surface area contributed by atoms with Crippen molar-refractivity contribution in [1.29, 1.82) is 0 Å². The number of nitrogens with two attached hydrogens (primary N) is 1. The van der Waals surface area contributed by atoms with Crippen LogP contribution in [0.3, 0.4) is 0 Å². The van der Waals surface area contributed by atoms with Gasteiger partial charge < -0.3 is 15.3 Å². The molecule has 2 aromatic carbocycles. The van der Waals surface area contributed by atoms with Crippen molar-refractivity contribution >= 4 is 22.8 Å². The number of carboxylic acid groups (broad SMARTS) is 1. The summed E-state index contributed by atoms with van der Waals surface area (Å²) in [6.07, 6.45) is 0. The fourth-order valence-corrected chi connectivity index (χ4v) is 2.11. The summed E-state index contributed by atoms with van der Waals surface area (Å²) >= 11 is 0. The van der Waals surface area contributed by atoms with Crippen LogP contribution in [0.5, 0.6) is 0 Å². The zero-order chi connectivity index (χ0) is 15.0. The molecule has 0 aliphatic heterocycles. The lowest BCUT2D eigenvalue weighted by Gasteiger charge is -2.04. The van der Waals surface area contributed by atoms with Crippen molar-refractivity contribution in [2.75, 3.05) is 5.73 Å². The number of oxazole rings is 1. The first-order chi connectivity index (χ1) is 10.0. The molecule has 1 unspecified atom stereocenters. The van der Waals surface area contributed by atoms with Crippen molar-refractivity contribution in [3.8, 4) is 11.5 Å². The zero-order valence-electron chi connectivity index (χ0n) is 11.4. The molecule has 21 heavy (non-hydrogen) atoms. The number of benzene rings is 2. The second-order valence-electron chi connectivity index (χ2n) is 4.93. The average molecular weight is 282 g/mol. The molecule has 106 valence electrons. The van der Waals surface area contributed by atoms with Crippen LogP contribution < -0.4 is 5.73 Å². The first kappa shape index (κ1) is 13.2. The Morgan fingerprint density at radius 3 is 2.62 bits per heavy atom. The number of nitrogen functional groups attached to an aromatic ring is 1. The monoisotopic (exact) mass is 282 g/mol. The van der Waals surface area contributed by atoms with Gasteiger partial charge in [0.15, 0.2) is 5.58 Å². The highest BCUT2D eigenvalue weighted by Crippen LogP contribution is 2.27. The molecule has 1 aromatic heterocycles. The Morgan fingerprint density at radius 2 is 1.95 bits per heavy atom. The van der Waals surface area contributed by atoms with E-state index < -0.39 is 11.9 Å². The highest BCUT2D eigenvalue weighted by Gasteiger charge is 2.16. The quantitative estimate of drug-likeness (QED) is 0.720. The molecule has 0 aliphatic carbocycles. The molecule has 3 rings (SSSR count). The van der Waals surface area contributed by atoms with Crippen LogP contribution in [-0.2, 0) is 4.79 Å². The topological polar surface area (TPSA) is 89.3 Å². The molecule has 3 N–H and O–H groups in total. The summed E-state index contributed by atoms with van der Waals surface area (Å²) in [6.45, 7) is 1.64. The Morgan fingerprint density at radius 1 is 1.24 bits per heavy atom. The molecule has 5 nitrogen and oxygen atoms in total. The summed E-state index contributed by atoms with van der Waals surface area (Å²) < 4.78 is 5.69. The second kappa shape index (κ2) is 4.94. The largest absolute Gasteiger partial charge is 0.481 e. The van der Waals surface area contributed by atoms with E-state index in [2.05, 4.69) is 4.98 Å². The highest BCUT2D eigenvalue weighted by atomic mass is 16.4. The molecule has 0 saturated carbocycles. The van der Waals surface area contributed by atoms with Crippen LogP contribution in [0.1, 0.15) is 18.4 Å². The molecule has 0 saturated heterocycles. The third-order valence-corrected chi connectivity index (χ3v) is 3.44. The Balaban J connectivity index is 2.04. The number of hydrogen-bond donors (Lipinski definition) is 2. The van der Waals surface area contributed by atoms with Crippen molar-refractivity contribution < 1.29 is 14.3 Å². The molecule has 0 bridgehead atoms. The van der Waals surface area contributed by atoms with Crippen LogP contribution in [0.15, 0.2) is 46.9 Å². The van der Waals surface area contributed by atoms with Gasteiger partial charge in [-0.1, -0.05) is 6.07 Å². The number of aliphatic carboxylic acids is 1. The summed E-state index contributed by atoms with van der Waals surface area (Å²) in [4.78, 5) is 15.5. The maximum Gasteiger partial charge on any atom is 0.310 e. The molecular formula is C16H14N2O3. The van der Waals surface area contributed by atoms with Gasteiger partial charge in [0.2, 0.25) is 5.89 Å². The lowest BCUT2D eigenvalue weighted by molar-refractivity contribution is -0.138. The molecule has 0 radical (unpaired) electrons. The Kier molecular flexibility index (Phi) is 3.10. The van der Waals surface area contributed by atoms with E-state index in [1.54, 1.807) is 37.3 Å². The minimum Gasteiger partial charge on any atom is -0.481 e. The van der Waals surface area contributed by atoms with Gasteiger partial charge in [0.1, 0.15) is 5.52 Å². The number of carbonyl (C=O) groups is 1. The van der Waals surface area contributed by atoms with Gasteiger partial charge >= 0.3 is 5.97 Å². The van der Waals surface area contributed by atoms with E-state index in [0.29, 0.717) is 28.2 Å². The van der Waals surface area contributed by atoms with Gasteiger partial charge in [0.05, 0.1) is 5.92 Å². The van der Waals surface area contributed by atoms with Crippen LogP contribution in [-0.4, -0.2) is 16.1 Å². The number of rotatable bonds is 3. The van der Waals surface area contributed by atoms with Gasteiger partial charge in [-0.05, 0) is 48.9 Å². The van der Waals surface area contributed by atoms with Crippen LogP contribution >= 0.6 is 0 Å². The summed E-state index contributed by atoms with van der Waals surface area (Å²) in [5.74, 6) is -0.951. The Labute approximate surface area is 121 Å². The van der Waals surface area contributed by atoms with Gasteiger partial charge in [-0.15, -0.1) is 0 Å². The zero-order valence-corrected chi connectivity index (χ0v) is 11.4. The molecule has 3 aromatic rings.